The molecule has 0 fully saturated rings. The highest BCUT2D eigenvalue weighted by molar-refractivity contribution is 5.71. The number of hydrogen-bond donors (Lipinski definition) is 0. The van der Waals surface area contributed by atoms with E-state index in [0.717, 1.165) is 63.7 Å². The Bertz CT molecular complexity index is 859. The van der Waals surface area contributed by atoms with E-state index in [1.807, 2.05) is 0 Å². The van der Waals surface area contributed by atoms with Gasteiger partial charge in [-0.15, -0.1) is 0 Å². The first-order valence-corrected chi connectivity index (χ1v) is 25.4. The molecule has 0 aliphatic rings. The van der Waals surface area contributed by atoms with Gasteiger partial charge in [0.15, 0.2) is 6.10 Å². The minimum absolute atomic E-state index is 0.0636. The van der Waals surface area contributed by atoms with Crippen molar-refractivity contribution in [3.63, 3.8) is 0 Å². The molecule has 6 nitrogen and oxygen atoms in total. The Balaban J connectivity index is 4.06. The Labute approximate surface area is 355 Å². The maximum atomic E-state index is 12.6. The molecule has 0 aliphatic heterocycles. The van der Waals surface area contributed by atoms with Gasteiger partial charge in [0.25, 0.3) is 0 Å². The summed E-state index contributed by atoms with van der Waals surface area (Å²) in [5, 5.41) is 0. The molecule has 0 bridgehead atoms. The van der Waals surface area contributed by atoms with Crippen molar-refractivity contribution in [2.24, 2.45) is 5.92 Å². The molecule has 338 valence electrons. The van der Waals surface area contributed by atoms with Crippen molar-refractivity contribution in [2.45, 2.75) is 291 Å². The van der Waals surface area contributed by atoms with Gasteiger partial charge >= 0.3 is 17.9 Å². The summed E-state index contributed by atoms with van der Waals surface area (Å²) in [4.78, 5) is 37.6. The molecule has 0 spiro atoms. The second-order valence-electron chi connectivity index (χ2n) is 17.7. The molecule has 0 saturated carbocycles. The summed E-state index contributed by atoms with van der Waals surface area (Å²) in [6.45, 7) is 9.02. The van der Waals surface area contributed by atoms with Gasteiger partial charge in [-0.1, -0.05) is 246 Å². The van der Waals surface area contributed by atoms with Gasteiger partial charge in [-0.25, -0.2) is 0 Å². The fraction of sp³-hybridized carbons (Fsp3) is 0.941. The zero-order chi connectivity index (χ0) is 41.7. The van der Waals surface area contributed by atoms with E-state index in [4.69, 9.17) is 14.2 Å². The van der Waals surface area contributed by atoms with E-state index >= 15 is 0 Å². The molecule has 1 unspecified atom stereocenters. The van der Waals surface area contributed by atoms with E-state index in [1.165, 1.54) is 180 Å². The number of carbonyl (C=O) groups excluding carboxylic acids is 3. The molecule has 0 aromatic carbocycles. The predicted molar refractivity (Wildman–Crippen MR) is 243 cm³/mol. The summed E-state index contributed by atoms with van der Waals surface area (Å²) in [5.41, 5.74) is 0. The van der Waals surface area contributed by atoms with Crippen molar-refractivity contribution >= 4 is 17.9 Å². The van der Waals surface area contributed by atoms with Crippen LogP contribution in [0.4, 0.5) is 0 Å². The van der Waals surface area contributed by atoms with Crippen molar-refractivity contribution in [1.29, 1.82) is 0 Å². The SMILES string of the molecule is CCCCCCCCCCCCC(=O)OC[C@H](COC(=O)CCCCCCCCCCCCCCCCCCCCC(C)CC)OC(=O)CCCCCCCCC. The van der Waals surface area contributed by atoms with Gasteiger partial charge in [-0.05, 0) is 25.2 Å². The fourth-order valence-electron chi connectivity index (χ4n) is 7.66. The lowest BCUT2D eigenvalue weighted by atomic mass is 9.99. The summed E-state index contributed by atoms with van der Waals surface area (Å²) in [6, 6.07) is 0. The molecular formula is C51H98O6. The molecule has 0 N–H and O–H groups in total. The van der Waals surface area contributed by atoms with Crippen LogP contribution in [0.1, 0.15) is 285 Å². The molecule has 0 amide bonds. The molecule has 0 aromatic rings. The summed E-state index contributed by atoms with van der Waals surface area (Å²) in [7, 11) is 0. The molecule has 0 heterocycles. The van der Waals surface area contributed by atoms with Crippen LogP contribution in [0, 0.1) is 5.92 Å². The van der Waals surface area contributed by atoms with Crippen LogP contribution in [-0.2, 0) is 28.6 Å². The fourth-order valence-corrected chi connectivity index (χ4v) is 7.66. The maximum Gasteiger partial charge on any atom is 0.306 e. The van der Waals surface area contributed by atoms with Crippen LogP contribution in [0.2, 0.25) is 0 Å². The lowest BCUT2D eigenvalue weighted by Crippen LogP contribution is -2.30. The Morgan fingerprint density at radius 3 is 0.912 bits per heavy atom. The topological polar surface area (TPSA) is 78.9 Å². The van der Waals surface area contributed by atoms with E-state index in [0.29, 0.717) is 19.3 Å². The van der Waals surface area contributed by atoms with Gasteiger partial charge in [0.1, 0.15) is 13.2 Å². The van der Waals surface area contributed by atoms with Crippen LogP contribution in [-0.4, -0.2) is 37.2 Å². The predicted octanol–water partition coefficient (Wildman–Crippen LogP) is 16.3. The van der Waals surface area contributed by atoms with Gasteiger partial charge < -0.3 is 14.2 Å². The molecule has 0 rings (SSSR count). The lowest BCUT2D eigenvalue weighted by Gasteiger charge is -2.18. The van der Waals surface area contributed by atoms with Crippen molar-refractivity contribution in [3.05, 3.63) is 0 Å². The summed E-state index contributed by atoms with van der Waals surface area (Å²) in [5.74, 6) is 0.0539. The van der Waals surface area contributed by atoms with Crippen LogP contribution < -0.4 is 0 Å². The van der Waals surface area contributed by atoms with Gasteiger partial charge in [0, 0.05) is 19.3 Å². The molecule has 0 aromatic heterocycles. The second-order valence-corrected chi connectivity index (χ2v) is 17.7. The van der Waals surface area contributed by atoms with Crippen molar-refractivity contribution in [2.75, 3.05) is 13.2 Å². The Morgan fingerprint density at radius 2 is 0.614 bits per heavy atom. The first-order valence-electron chi connectivity index (χ1n) is 25.4. The highest BCUT2D eigenvalue weighted by Gasteiger charge is 2.19. The third kappa shape index (κ3) is 43.8. The number of carbonyl (C=O) groups is 3. The summed E-state index contributed by atoms with van der Waals surface area (Å²) < 4.78 is 16.7. The van der Waals surface area contributed by atoms with Gasteiger partial charge in [0.05, 0.1) is 0 Å². The molecule has 2 atom stereocenters. The van der Waals surface area contributed by atoms with Gasteiger partial charge in [-0.3, -0.25) is 14.4 Å². The van der Waals surface area contributed by atoms with Gasteiger partial charge in [0.2, 0.25) is 0 Å². The number of esters is 3. The number of ether oxygens (including phenoxy) is 3. The minimum atomic E-state index is -0.758. The standard InChI is InChI=1S/C51H98O6/c1-5-8-10-12-14-15-27-31-34-38-42-49(52)55-45-48(57-51(54)44-40-36-29-13-11-9-6-2)46-56-50(53)43-39-35-32-28-25-23-21-19-17-16-18-20-22-24-26-30-33-37-41-47(4)7-3/h47-48H,5-46H2,1-4H3/t47?,48-/m1/s1. The van der Waals surface area contributed by atoms with Crippen molar-refractivity contribution in [3.8, 4) is 0 Å². The highest BCUT2D eigenvalue weighted by Crippen LogP contribution is 2.18. The number of unbranched alkanes of at least 4 members (excludes halogenated alkanes) is 32. The normalized spacial score (nSPS) is 12.4. The summed E-state index contributed by atoms with van der Waals surface area (Å²) >= 11 is 0. The van der Waals surface area contributed by atoms with Crippen LogP contribution in [0.5, 0.6) is 0 Å². The minimum Gasteiger partial charge on any atom is -0.462 e. The van der Waals surface area contributed by atoms with E-state index in [2.05, 4.69) is 27.7 Å². The van der Waals surface area contributed by atoms with Crippen molar-refractivity contribution < 1.29 is 28.6 Å². The largest absolute Gasteiger partial charge is 0.462 e. The van der Waals surface area contributed by atoms with E-state index in [9.17, 15) is 14.4 Å². The lowest BCUT2D eigenvalue weighted by molar-refractivity contribution is -0.167. The Morgan fingerprint density at radius 1 is 0.351 bits per heavy atom. The molecular weight excluding hydrogens is 709 g/mol. The smallest absolute Gasteiger partial charge is 0.306 e. The molecule has 0 radical (unpaired) electrons. The van der Waals surface area contributed by atoms with E-state index in [1.54, 1.807) is 0 Å². The van der Waals surface area contributed by atoms with Crippen LogP contribution in [0.3, 0.4) is 0 Å². The second kappa shape index (κ2) is 45.5. The summed E-state index contributed by atoms with van der Waals surface area (Å²) in [6.07, 6.45) is 46.8. The zero-order valence-electron chi connectivity index (χ0n) is 38.8. The average Bonchev–Trinajstić information content (AvgIpc) is 3.21. The Hall–Kier alpha value is -1.59. The average molecular weight is 807 g/mol. The highest BCUT2D eigenvalue weighted by atomic mass is 16.6. The molecule has 0 aliphatic carbocycles. The quantitative estimate of drug-likeness (QED) is 0.0346. The third-order valence-corrected chi connectivity index (χ3v) is 11.9. The molecule has 57 heavy (non-hydrogen) atoms. The number of hydrogen-bond acceptors (Lipinski definition) is 6. The third-order valence-electron chi connectivity index (χ3n) is 11.9. The first-order chi connectivity index (χ1) is 27.9. The van der Waals surface area contributed by atoms with Crippen molar-refractivity contribution in [1.82, 2.24) is 0 Å². The monoisotopic (exact) mass is 807 g/mol. The van der Waals surface area contributed by atoms with Crippen LogP contribution >= 0.6 is 0 Å². The van der Waals surface area contributed by atoms with E-state index < -0.39 is 6.10 Å². The molecule has 6 heteroatoms. The van der Waals surface area contributed by atoms with Crippen LogP contribution in [0.15, 0.2) is 0 Å². The van der Waals surface area contributed by atoms with Crippen LogP contribution in [0.25, 0.3) is 0 Å². The number of rotatable bonds is 46. The zero-order valence-corrected chi connectivity index (χ0v) is 38.8. The van der Waals surface area contributed by atoms with E-state index in [-0.39, 0.29) is 31.1 Å². The molecule has 0 saturated heterocycles. The first kappa shape index (κ1) is 55.4. The Kier molecular flexibility index (Phi) is 44.2. The maximum absolute atomic E-state index is 12.6. The van der Waals surface area contributed by atoms with Gasteiger partial charge in [-0.2, -0.15) is 0 Å².